The van der Waals surface area contributed by atoms with Crippen LogP contribution in [-0.4, -0.2) is 47.4 Å². The second kappa shape index (κ2) is 14.9. The van der Waals surface area contributed by atoms with E-state index in [-0.39, 0.29) is 31.6 Å². The van der Waals surface area contributed by atoms with Crippen LogP contribution in [0, 0.1) is 0 Å². The van der Waals surface area contributed by atoms with Crippen LogP contribution in [0.5, 0.6) is 0 Å². The van der Waals surface area contributed by atoms with E-state index in [0.29, 0.717) is 21.3 Å². The van der Waals surface area contributed by atoms with Crippen LogP contribution in [0.15, 0.2) is 72.8 Å². The highest BCUT2D eigenvalue weighted by molar-refractivity contribution is 6.43. The highest BCUT2D eigenvalue weighted by Crippen LogP contribution is 2.32. The number of hydrogen-bond acceptors (Lipinski definition) is 5. The number of amides is 3. The molecule has 3 amide bonds. The lowest BCUT2D eigenvalue weighted by atomic mass is 10.0. The first-order valence-corrected chi connectivity index (χ1v) is 13.3. The average Bonchev–Trinajstić information content (AvgIpc) is 3.42. The van der Waals surface area contributed by atoms with Crippen LogP contribution >= 0.6 is 23.2 Å². The third-order valence-corrected chi connectivity index (χ3v) is 6.68. The fourth-order valence-electron chi connectivity index (χ4n) is 3.87. The number of aromatic amines is 1. The molecule has 0 unspecified atom stereocenters. The van der Waals surface area contributed by atoms with Gasteiger partial charge < -0.3 is 26.1 Å². The molecular weight excluding hydrogens is 555 g/mol. The van der Waals surface area contributed by atoms with Gasteiger partial charge >= 0.3 is 5.97 Å². The Hall–Kier alpha value is -4.08. The van der Waals surface area contributed by atoms with Crippen molar-refractivity contribution in [2.75, 3.05) is 6.61 Å². The van der Waals surface area contributed by atoms with Crippen LogP contribution in [0.25, 0.3) is 11.3 Å². The van der Waals surface area contributed by atoms with Gasteiger partial charge in [-0.3, -0.25) is 14.4 Å². The molecule has 2 atom stereocenters. The molecule has 3 aromatic rings. The van der Waals surface area contributed by atoms with Gasteiger partial charge in [-0.25, -0.2) is 4.79 Å². The molecule has 0 aliphatic heterocycles. The maximum absolute atomic E-state index is 13.4. The fourth-order valence-corrected chi connectivity index (χ4v) is 4.28. The number of rotatable bonds is 13. The third-order valence-electron chi connectivity index (χ3n) is 5.86. The van der Waals surface area contributed by atoms with Crippen molar-refractivity contribution < 1.29 is 23.9 Å². The van der Waals surface area contributed by atoms with Crippen molar-refractivity contribution in [3.63, 3.8) is 0 Å². The number of H-pyrrole nitrogens is 1. The molecule has 0 fully saturated rings. The zero-order valence-corrected chi connectivity index (χ0v) is 23.3. The summed E-state index contributed by atoms with van der Waals surface area (Å²) in [5.74, 6) is -2.17. The summed E-state index contributed by atoms with van der Waals surface area (Å²) in [6, 6.07) is 15.9. The van der Waals surface area contributed by atoms with Gasteiger partial charge in [-0.2, -0.15) is 0 Å². The zero-order chi connectivity index (χ0) is 29.1. The SMILES string of the molecule is CCOC(=O)/C=C/[C@H](CCC(N)=O)NC(=O)[C@H](Cc1ccccc1)NC(=O)c1ccc(-c2cccc(Cl)c2Cl)[nH]1. The number of hydrogen-bond donors (Lipinski definition) is 4. The van der Waals surface area contributed by atoms with Crippen molar-refractivity contribution in [3.8, 4) is 11.3 Å². The van der Waals surface area contributed by atoms with E-state index < -0.39 is 35.8 Å². The van der Waals surface area contributed by atoms with E-state index in [2.05, 4.69) is 15.6 Å². The lowest BCUT2D eigenvalue weighted by Gasteiger charge is -2.22. The van der Waals surface area contributed by atoms with Gasteiger partial charge in [-0.1, -0.05) is 71.7 Å². The van der Waals surface area contributed by atoms with Crippen LogP contribution in [-0.2, 0) is 25.5 Å². The summed E-state index contributed by atoms with van der Waals surface area (Å²) >= 11 is 12.4. The normalized spacial score (nSPS) is 12.5. The summed E-state index contributed by atoms with van der Waals surface area (Å²) in [4.78, 5) is 52.8. The maximum Gasteiger partial charge on any atom is 0.330 e. The molecule has 0 spiro atoms. The molecule has 3 rings (SSSR count). The predicted molar refractivity (Wildman–Crippen MR) is 154 cm³/mol. The molecule has 1 aromatic heterocycles. The molecule has 0 radical (unpaired) electrons. The topological polar surface area (TPSA) is 143 Å². The molecule has 2 aromatic carbocycles. The van der Waals surface area contributed by atoms with Crippen molar-refractivity contribution in [1.29, 1.82) is 0 Å². The number of ether oxygens (including phenoxy) is 1. The molecule has 1 heterocycles. The van der Waals surface area contributed by atoms with Gasteiger partial charge in [0.2, 0.25) is 11.8 Å². The largest absolute Gasteiger partial charge is 0.463 e. The first kappa shape index (κ1) is 30.5. The van der Waals surface area contributed by atoms with E-state index >= 15 is 0 Å². The van der Waals surface area contributed by atoms with E-state index in [1.807, 2.05) is 30.3 Å². The van der Waals surface area contributed by atoms with Crippen LogP contribution in [0.3, 0.4) is 0 Å². The van der Waals surface area contributed by atoms with Crippen LogP contribution in [0.2, 0.25) is 10.0 Å². The number of nitrogens with two attached hydrogens (primary N) is 1. The first-order valence-electron chi connectivity index (χ1n) is 12.6. The van der Waals surface area contributed by atoms with Crippen molar-refractivity contribution in [3.05, 3.63) is 94.1 Å². The van der Waals surface area contributed by atoms with Crippen LogP contribution < -0.4 is 16.4 Å². The number of benzene rings is 2. The van der Waals surface area contributed by atoms with E-state index in [1.165, 1.54) is 12.2 Å². The molecule has 11 heteroatoms. The summed E-state index contributed by atoms with van der Waals surface area (Å²) in [6.07, 6.45) is 2.94. The first-order chi connectivity index (χ1) is 19.2. The van der Waals surface area contributed by atoms with E-state index in [4.69, 9.17) is 33.7 Å². The quantitative estimate of drug-likeness (QED) is 0.176. The van der Waals surface area contributed by atoms with Crippen LogP contribution in [0.4, 0.5) is 0 Å². The van der Waals surface area contributed by atoms with Crippen molar-refractivity contribution in [1.82, 2.24) is 15.6 Å². The molecule has 0 bridgehead atoms. The number of aromatic nitrogens is 1. The lowest BCUT2D eigenvalue weighted by Crippen LogP contribution is -2.50. The summed E-state index contributed by atoms with van der Waals surface area (Å²) in [7, 11) is 0. The van der Waals surface area contributed by atoms with Gasteiger partial charge in [0.25, 0.3) is 5.91 Å². The summed E-state index contributed by atoms with van der Waals surface area (Å²) in [6.45, 7) is 1.86. The predicted octanol–water partition coefficient (Wildman–Crippen LogP) is 4.20. The number of carbonyl (C=O) groups excluding carboxylic acids is 4. The van der Waals surface area contributed by atoms with Crippen LogP contribution in [0.1, 0.15) is 35.8 Å². The minimum absolute atomic E-state index is 0.0227. The Morgan fingerprint density at radius 3 is 2.45 bits per heavy atom. The van der Waals surface area contributed by atoms with Gasteiger partial charge in [0, 0.05) is 36.2 Å². The standard InChI is InChI=1S/C29H30Cl2N4O5/c1-2-40-26(37)16-12-19(11-15-25(32)36)33-29(39)24(17-18-7-4-3-5-8-18)35-28(38)23-14-13-22(34-23)20-9-6-10-21(30)27(20)31/h3-10,12-14,16,19,24,34H,2,11,15,17H2,1H3,(H2,32,36)(H,33,39)(H,35,38)/b16-12+/t19-,24-/m0/s1. The minimum Gasteiger partial charge on any atom is -0.463 e. The molecule has 0 aliphatic carbocycles. The molecule has 5 N–H and O–H groups in total. The Bertz CT molecular complexity index is 1370. The monoisotopic (exact) mass is 584 g/mol. The minimum atomic E-state index is -0.983. The summed E-state index contributed by atoms with van der Waals surface area (Å²) < 4.78 is 4.89. The fraction of sp³-hybridized carbons (Fsp3) is 0.241. The average molecular weight is 585 g/mol. The van der Waals surface area contributed by atoms with Gasteiger partial charge in [-0.15, -0.1) is 0 Å². The molecule has 210 valence electrons. The molecule has 9 nitrogen and oxygen atoms in total. The maximum atomic E-state index is 13.4. The summed E-state index contributed by atoms with van der Waals surface area (Å²) in [5, 5.41) is 6.29. The van der Waals surface area contributed by atoms with E-state index in [1.54, 1.807) is 37.3 Å². The molecule has 0 aliphatic rings. The number of halogens is 2. The van der Waals surface area contributed by atoms with Gasteiger partial charge in [0.05, 0.1) is 16.7 Å². The second-order valence-electron chi connectivity index (χ2n) is 8.83. The Kier molecular flexibility index (Phi) is 11.4. The van der Waals surface area contributed by atoms with E-state index in [9.17, 15) is 19.2 Å². The molecular formula is C29H30Cl2N4O5. The summed E-state index contributed by atoms with van der Waals surface area (Å²) in [5.41, 5.74) is 7.52. The number of esters is 1. The van der Waals surface area contributed by atoms with Gasteiger partial charge in [0.1, 0.15) is 11.7 Å². The Balaban J connectivity index is 1.81. The zero-order valence-electron chi connectivity index (χ0n) is 21.8. The Labute approximate surface area is 242 Å². The molecule has 0 saturated carbocycles. The molecule has 0 saturated heterocycles. The Morgan fingerprint density at radius 1 is 1.00 bits per heavy atom. The molecule has 40 heavy (non-hydrogen) atoms. The van der Waals surface area contributed by atoms with Crippen molar-refractivity contribution in [2.24, 2.45) is 5.73 Å². The Morgan fingerprint density at radius 2 is 1.75 bits per heavy atom. The number of primary amides is 1. The van der Waals surface area contributed by atoms with Crippen molar-refractivity contribution >= 4 is 46.9 Å². The highest BCUT2D eigenvalue weighted by atomic mass is 35.5. The van der Waals surface area contributed by atoms with Gasteiger partial charge in [-0.05, 0) is 37.1 Å². The number of nitrogens with one attached hydrogen (secondary N) is 3. The third kappa shape index (κ3) is 9.00. The number of carbonyl (C=O) groups is 4. The highest BCUT2D eigenvalue weighted by Gasteiger charge is 2.25. The lowest BCUT2D eigenvalue weighted by molar-refractivity contribution is -0.137. The second-order valence-corrected chi connectivity index (χ2v) is 9.62. The van der Waals surface area contributed by atoms with Gasteiger partial charge in [0.15, 0.2) is 0 Å². The van der Waals surface area contributed by atoms with Crippen molar-refractivity contribution in [2.45, 2.75) is 38.3 Å². The van der Waals surface area contributed by atoms with E-state index in [0.717, 1.165) is 5.56 Å². The smallest absolute Gasteiger partial charge is 0.330 e.